The van der Waals surface area contributed by atoms with Crippen LogP contribution in [0.15, 0.2) is 116 Å². The summed E-state index contributed by atoms with van der Waals surface area (Å²) < 4.78 is 2.16. The number of nitrogens with zero attached hydrogens (tertiary/aromatic N) is 3. The van der Waals surface area contributed by atoms with Crippen LogP contribution in [0.25, 0.3) is 22.0 Å². The number of benzene rings is 3. The number of aromatic nitrogens is 3. The van der Waals surface area contributed by atoms with E-state index in [1.165, 1.54) is 5.69 Å². The fourth-order valence-electron chi connectivity index (χ4n) is 5.43. The van der Waals surface area contributed by atoms with Crippen LogP contribution in [0.4, 0.5) is 0 Å². The highest BCUT2D eigenvalue weighted by Crippen LogP contribution is 2.37. The Kier molecular flexibility index (Phi) is 8.15. The number of hydrogen-bond acceptors (Lipinski definition) is 3. The third-order valence-electron chi connectivity index (χ3n) is 7.49. The lowest BCUT2D eigenvalue weighted by molar-refractivity contribution is 0.657. The van der Waals surface area contributed by atoms with E-state index in [1.54, 1.807) is 6.20 Å². The number of halogens is 2. The second-order valence-electron chi connectivity index (χ2n) is 10.3. The van der Waals surface area contributed by atoms with Crippen molar-refractivity contribution in [1.29, 1.82) is 0 Å². The third-order valence-corrected chi connectivity index (χ3v) is 7.98. The molecule has 6 aromatic rings. The predicted octanol–water partition coefficient (Wildman–Crippen LogP) is 8.45. The van der Waals surface area contributed by atoms with Crippen molar-refractivity contribution < 1.29 is 0 Å². The molecule has 0 amide bonds. The molecule has 0 saturated heterocycles. The Morgan fingerprint density at radius 1 is 0.805 bits per heavy atom. The summed E-state index contributed by atoms with van der Waals surface area (Å²) in [5, 5.41) is 6.09. The van der Waals surface area contributed by atoms with Crippen molar-refractivity contribution in [2.45, 2.75) is 18.9 Å². The lowest BCUT2D eigenvalue weighted by Crippen LogP contribution is -2.18. The molecule has 0 saturated carbocycles. The van der Waals surface area contributed by atoms with Crippen LogP contribution in [0.1, 0.15) is 34.0 Å². The molecule has 4 nitrogen and oxygen atoms in total. The van der Waals surface area contributed by atoms with Gasteiger partial charge in [-0.05, 0) is 88.5 Å². The molecule has 0 fully saturated rings. The number of pyridine rings is 2. The van der Waals surface area contributed by atoms with Crippen LogP contribution >= 0.6 is 23.2 Å². The molecule has 0 aliphatic heterocycles. The van der Waals surface area contributed by atoms with Crippen LogP contribution in [0, 0.1) is 0 Å². The number of hydrogen-bond donors (Lipinski definition) is 1. The van der Waals surface area contributed by atoms with Crippen LogP contribution < -0.4 is 5.32 Å². The first-order valence-corrected chi connectivity index (χ1v) is 14.5. The van der Waals surface area contributed by atoms with E-state index in [2.05, 4.69) is 88.8 Å². The fourth-order valence-corrected chi connectivity index (χ4v) is 5.75. The normalized spacial score (nSPS) is 12.1. The first-order valence-electron chi connectivity index (χ1n) is 13.7. The van der Waals surface area contributed by atoms with Crippen molar-refractivity contribution >= 4 is 34.1 Å². The summed E-state index contributed by atoms with van der Waals surface area (Å²) in [6, 6.07) is 33.2. The Labute approximate surface area is 250 Å². The molecule has 6 rings (SSSR count). The molecular formula is C35H30Cl2N4. The van der Waals surface area contributed by atoms with Crippen molar-refractivity contribution in [2.24, 2.45) is 7.05 Å². The average molecular weight is 578 g/mol. The molecule has 1 unspecified atom stereocenters. The summed E-state index contributed by atoms with van der Waals surface area (Å²) in [6.07, 6.45) is 6.78. The Hall–Kier alpha value is -3.96. The van der Waals surface area contributed by atoms with Crippen molar-refractivity contribution in [1.82, 2.24) is 19.9 Å². The molecule has 1 N–H and O–H groups in total. The van der Waals surface area contributed by atoms with E-state index in [-0.39, 0.29) is 5.92 Å². The van der Waals surface area contributed by atoms with Crippen molar-refractivity contribution in [3.8, 4) is 11.1 Å². The molecular weight excluding hydrogens is 547 g/mol. The smallest absolute Gasteiger partial charge is 0.0712 e. The molecule has 0 aliphatic rings. The molecule has 6 heteroatoms. The van der Waals surface area contributed by atoms with Gasteiger partial charge in [0.1, 0.15) is 0 Å². The number of rotatable bonds is 9. The van der Waals surface area contributed by atoms with Gasteiger partial charge < -0.3 is 9.88 Å². The van der Waals surface area contributed by atoms with E-state index in [0.29, 0.717) is 11.6 Å². The lowest BCUT2D eigenvalue weighted by atomic mass is 9.85. The summed E-state index contributed by atoms with van der Waals surface area (Å²) in [5.74, 6) is -0.00330. The van der Waals surface area contributed by atoms with Crippen molar-refractivity contribution in [2.75, 3.05) is 6.54 Å². The van der Waals surface area contributed by atoms with Crippen LogP contribution in [-0.2, 0) is 20.0 Å². The van der Waals surface area contributed by atoms with E-state index in [1.807, 2.05) is 42.6 Å². The molecule has 3 aromatic heterocycles. The first kappa shape index (κ1) is 27.2. The highest BCUT2D eigenvalue weighted by atomic mass is 35.5. The standard InChI is InChI=1S/C35H30Cl2N4/c1-41-18-4-8-31(41)15-17-39-23-30-21-32(25-5-2-7-29(37)19-25)33-20-26(11-14-34(33)40-30)35(27-6-3-16-38-22-27)24-9-12-28(36)13-10-24/h2-14,16,18-22,35,39H,15,17,23H2,1H3. The SMILES string of the molecule is Cn1cccc1CCNCc1cc(-c2cccc(Cl)c2)c2cc(C(c3ccc(Cl)cc3)c3cccnc3)ccc2n1. The first-order chi connectivity index (χ1) is 20.0. The molecule has 0 bridgehead atoms. The van der Waals surface area contributed by atoms with Crippen LogP contribution in [0.3, 0.4) is 0 Å². The van der Waals surface area contributed by atoms with Gasteiger partial charge in [-0.1, -0.05) is 59.6 Å². The quantitative estimate of drug-likeness (QED) is 0.175. The Morgan fingerprint density at radius 2 is 1.66 bits per heavy atom. The Morgan fingerprint density at radius 3 is 2.41 bits per heavy atom. The molecule has 3 aromatic carbocycles. The van der Waals surface area contributed by atoms with Gasteiger partial charge in [-0.25, -0.2) is 0 Å². The molecule has 3 heterocycles. The van der Waals surface area contributed by atoms with E-state index < -0.39 is 0 Å². The summed E-state index contributed by atoms with van der Waals surface area (Å²) in [6.45, 7) is 1.55. The van der Waals surface area contributed by atoms with Gasteiger partial charge in [0.05, 0.1) is 11.2 Å². The Bertz CT molecular complexity index is 1780. The zero-order chi connectivity index (χ0) is 28.2. The van der Waals surface area contributed by atoms with Gasteiger partial charge >= 0.3 is 0 Å². The van der Waals surface area contributed by atoms with E-state index in [9.17, 15) is 0 Å². The maximum atomic E-state index is 6.46. The van der Waals surface area contributed by atoms with Crippen LogP contribution in [-0.4, -0.2) is 21.1 Å². The molecule has 0 radical (unpaired) electrons. The summed E-state index contributed by atoms with van der Waals surface area (Å²) >= 11 is 12.7. The van der Waals surface area contributed by atoms with E-state index >= 15 is 0 Å². The van der Waals surface area contributed by atoms with Gasteiger partial charge in [-0.3, -0.25) is 9.97 Å². The minimum atomic E-state index is -0.00330. The van der Waals surface area contributed by atoms with Crippen molar-refractivity contribution in [3.05, 3.63) is 154 Å². The zero-order valence-corrected chi connectivity index (χ0v) is 24.3. The number of nitrogens with one attached hydrogen (secondary N) is 1. The van der Waals surface area contributed by atoms with Gasteiger partial charge in [0, 0.05) is 72.2 Å². The van der Waals surface area contributed by atoms with Gasteiger partial charge in [0.25, 0.3) is 0 Å². The van der Waals surface area contributed by atoms with Gasteiger partial charge in [-0.15, -0.1) is 0 Å². The maximum Gasteiger partial charge on any atom is 0.0712 e. The monoisotopic (exact) mass is 576 g/mol. The largest absolute Gasteiger partial charge is 0.354 e. The molecule has 1 atom stereocenters. The maximum absolute atomic E-state index is 6.46. The minimum absolute atomic E-state index is 0.00330. The summed E-state index contributed by atoms with van der Waals surface area (Å²) in [7, 11) is 2.08. The van der Waals surface area contributed by atoms with Gasteiger partial charge in [-0.2, -0.15) is 0 Å². The predicted molar refractivity (Wildman–Crippen MR) is 170 cm³/mol. The third kappa shape index (κ3) is 6.20. The van der Waals surface area contributed by atoms with E-state index in [4.69, 9.17) is 28.2 Å². The zero-order valence-electron chi connectivity index (χ0n) is 22.8. The average Bonchev–Trinajstić information content (AvgIpc) is 3.41. The molecule has 0 spiro atoms. The molecule has 204 valence electrons. The highest BCUT2D eigenvalue weighted by Gasteiger charge is 2.19. The lowest BCUT2D eigenvalue weighted by Gasteiger charge is -2.20. The van der Waals surface area contributed by atoms with Crippen LogP contribution in [0.2, 0.25) is 10.0 Å². The summed E-state index contributed by atoms with van der Waals surface area (Å²) in [5.41, 5.74) is 8.85. The number of fused-ring (bicyclic) bond motifs is 1. The summed E-state index contributed by atoms with van der Waals surface area (Å²) in [4.78, 5) is 9.48. The highest BCUT2D eigenvalue weighted by molar-refractivity contribution is 6.31. The van der Waals surface area contributed by atoms with Crippen LogP contribution in [0.5, 0.6) is 0 Å². The topological polar surface area (TPSA) is 42.7 Å². The van der Waals surface area contributed by atoms with E-state index in [0.717, 1.165) is 62.4 Å². The second kappa shape index (κ2) is 12.3. The molecule has 41 heavy (non-hydrogen) atoms. The minimum Gasteiger partial charge on any atom is -0.354 e. The fraction of sp³-hybridized carbons (Fsp3) is 0.143. The van der Waals surface area contributed by atoms with Crippen molar-refractivity contribution in [3.63, 3.8) is 0 Å². The van der Waals surface area contributed by atoms with Gasteiger partial charge in [0.15, 0.2) is 0 Å². The molecule has 0 aliphatic carbocycles. The number of aryl methyl sites for hydroxylation is 1. The second-order valence-corrected chi connectivity index (χ2v) is 11.1. The Balaban J connectivity index is 1.40. The van der Waals surface area contributed by atoms with Gasteiger partial charge in [0.2, 0.25) is 0 Å².